The van der Waals surface area contributed by atoms with E-state index in [2.05, 4.69) is 63.1 Å². The Morgan fingerprint density at radius 3 is 0.976 bits per heavy atom. The maximum atomic E-state index is 10.3. The van der Waals surface area contributed by atoms with Gasteiger partial charge in [0.15, 0.2) is 35.2 Å². The van der Waals surface area contributed by atoms with Crippen LogP contribution in [0.3, 0.4) is 0 Å². The average molecular weight is 547 g/mol. The molecule has 0 saturated carbocycles. The van der Waals surface area contributed by atoms with Gasteiger partial charge in [0, 0.05) is 0 Å². The van der Waals surface area contributed by atoms with Crippen molar-refractivity contribution in [1.29, 1.82) is 15.8 Å². The van der Waals surface area contributed by atoms with E-state index in [1.807, 2.05) is 72.8 Å². The number of nitrogens with zero attached hydrogens (tertiary/aromatic N) is 9. The zero-order valence-corrected chi connectivity index (χ0v) is 21.7. The zero-order chi connectivity index (χ0) is 28.6. The highest BCUT2D eigenvalue weighted by Gasteiger charge is 2.30. The largest absolute Gasteiger partial charge is 0.340 e. The highest BCUT2D eigenvalue weighted by molar-refractivity contribution is 5.76. The van der Waals surface area contributed by atoms with Crippen LogP contribution in [0.1, 0.15) is 52.7 Å². The van der Waals surface area contributed by atoms with Crippen molar-refractivity contribution in [3.05, 3.63) is 108 Å². The number of hydrogen-bond acceptors (Lipinski definition) is 9. The first-order valence-corrected chi connectivity index (χ1v) is 12.9. The van der Waals surface area contributed by atoms with E-state index in [9.17, 15) is 15.8 Å². The number of aromatic nitrogens is 9. The quantitative estimate of drug-likeness (QED) is 0.269. The number of fused-ring (bicyclic) bond motifs is 3. The third-order valence-electron chi connectivity index (χ3n) is 6.89. The minimum Gasteiger partial charge on any atom is -0.340 e. The number of rotatable bonds is 6. The monoisotopic (exact) mass is 546 g/mol. The molecule has 0 atom stereocenters. The molecule has 3 aromatic carbocycles. The Balaban J connectivity index is 1.41. The number of aromatic amines is 3. The predicted octanol–water partition coefficient (Wildman–Crippen LogP) is 4.47. The van der Waals surface area contributed by atoms with Gasteiger partial charge in [0.2, 0.25) is 0 Å². The lowest BCUT2D eigenvalue weighted by Crippen LogP contribution is -2.18. The van der Waals surface area contributed by atoms with E-state index in [4.69, 9.17) is 0 Å². The smallest absolute Gasteiger partial charge is 0.164 e. The molecule has 42 heavy (non-hydrogen) atoms. The number of benzene rings is 3. The fraction of sp³-hybridized carbons (Fsp3) is 0.100. The van der Waals surface area contributed by atoms with E-state index in [1.165, 1.54) is 0 Å². The van der Waals surface area contributed by atoms with Crippen LogP contribution in [0.5, 0.6) is 0 Å². The fourth-order valence-corrected chi connectivity index (χ4v) is 4.87. The van der Waals surface area contributed by atoms with Gasteiger partial charge >= 0.3 is 0 Å². The molecule has 4 heterocycles. The van der Waals surface area contributed by atoms with Gasteiger partial charge in [-0.1, -0.05) is 36.4 Å². The summed E-state index contributed by atoms with van der Waals surface area (Å²) >= 11 is 0. The Kier molecular flexibility index (Phi) is 5.82. The van der Waals surface area contributed by atoms with Crippen LogP contribution >= 0.6 is 0 Å². The number of hydrogen-bond donors (Lipinski definition) is 3. The molecule has 0 aliphatic rings. The van der Waals surface area contributed by atoms with Gasteiger partial charge in [0.1, 0.15) is 17.5 Å². The van der Waals surface area contributed by atoms with Crippen LogP contribution in [0.2, 0.25) is 0 Å². The van der Waals surface area contributed by atoms with Gasteiger partial charge < -0.3 is 15.0 Å². The minimum atomic E-state index is -1.04. The van der Waals surface area contributed by atoms with Crippen molar-refractivity contribution in [2.75, 3.05) is 0 Å². The predicted molar refractivity (Wildman–Crippen MR) is 150 cm³/mol. The van der Waals surface area contributed by atoms with E-state index < -0.39 is 17.8 Å². The van der Waals surface area contributed by atoms with Crippen molar-refractivity contribution in [1.82, 2.24) is 44.9 Å². The van der Waals surface area contributed by atoms with Gasteiger partial charge in [-0.2, -0.15) is 15.8 Å². The Morgan fingerprint density at radius 2 is 0.714 bits per heavy atom. The van der Waals surface area contributed by atoms with Gasteiger partial charge in [0.05, 0.1) is 51.3 Å². The summed E-state index contributed by atoms with van der Waals surface area (Å²) in [7, 11) is 0. The average Bonchev–Trinajstić information content (AvgIpc) is 3.75. The molecule has 0 saturated heterocycles. The normalized spacial score (nSPS) is 13.4. The number of nitrogens with one attached hydrogen (secondary N) is 3. The Hall–Kier alpha value is -6.45. The minimum absolute atomic E-state index is 0.0456. The number of nitriles is 3. The summed E-state index contributed by atoms with van der Waals surface area (Å²) in [4.78, 5) is 37.0. The molecular weight excluding hydrogens is 528 g/mol. The summed E-state index contributed by atoms with van der Waals surface area (Å²) < 4.78 is 0. The second-order valence-electron chi connectivity index (χ2n) is 9.51. The van der Waals surface area contributed by atoms with Gasteiger partial charge in [-0.05, 0) is 36.4 Å². The lowest BCUT2D eigenvalue weighted by atomic mass is 10.1. The van der Waals surface area contributed by atoms with E-state index in [0.717, 1.165) is 16.6 Å². The number of para-hydroxylation sites is 6. The zero-order valence-electron chi connectivity index (χ0n) is 21.7. The highest BCUT2D eigenvalue weighted by Crippen LogP contribution is 2.29. The molecule has 7 rings (SSSR count). The van der Waals surface area contributed by atoms with Crippen LogP contribution < -0.4 is 0 Å². The molecule has 4 aromatic heterocycles. The van der Waals surface area contributed by atoms with E-state index in [1.54, 1.807) is 0 Å². The molecule has 7 aromatic rings. The molecule has 0 radical (unpaired) electrons. The van der Waals surface area contributed by atoms with E-state index in [0.29, 0.717) is 34.0 Å². The first kappa shape index (κ1) is 24.6. The highest BCUT2D eigenvalue weighted by atomic mass is 15.1. The maximum Gasteiger partial charge on any atom is 0.164 e. The molecule has 0 unspecified atom stereocenters. The Bertz CT molecular complexity index is 1870. The van der Waals surface area contributed by atoms with Crippen molar-refractivity contribution in [3.8, 4) is 18.2 Å². The molecule has 0 bridgehead atoms. The van der Waals surface area contributed by atoms with Crippen LogP contribution in [0.4, 0.5) is 0 Å². The standard InChI is InChI=1S/C30H18N12/c31-13-16(25-34-19-7-1-2-8-20(19)35-25)28-40-29(17(14-32)26-36-21-9-3-4-10-22(21)37-26)42-30(41-28)18(15-33)27-38-23-11-5-6-12-24(23)39-27/h1-12,16-18H,(H,34,35)(H,36,37)(H,38,39). The lowest BCUT2D eigenvalue weighted by Gasteiger charge is -2.13. The Morgan fingerprint density at radius 1 is 0.429 bits per heavy atom. The van der Waals surface area contributed by atoms with Gasteiger partial charge in [0.25, 0.3) is 0 Å². The molecule has 12 nitrogen and oxygen atoms in total. The summed E-state index contributed by atoms with van der Waals surface area (Å²) in [6.07, 6.45) is 0. The summed E-state index contributed by atoms with van der Waals surface area (Å²) in [5.41, 5.74) is 4.27. The molecule has 0 fully saturated rings. The second kappa shape index (κ2) is 9.94. The summed E-state index contributed by atoms with van der Waals surface area (Å²) in [6.45, 7) is 0. The first-order valence-electron chi connectivity index (χ1n) is 12.9. The van der Waals surface area contributed by atoms with Crippen LogP contribution in [0, 0.1) is 34.0 Å². The van der Waals surface area contributed by atoms with E-state index in [-0.39, 0.29) is 17.5 Å². The fourth-order valence-electron chi connectivity index (χ4n) is 4.87. The molecule has 0 amide bonds. The molecule has 12 heteroatoms. The summed E-state index contributed by atoms with van der Waals surface area (Å²) in [5, 5.41) is 30.8. The topological polar surface area (TPSA) is 196 Å². The van der Waals surface area contributed by atoms with Crippen molar-refractivity contribution < 1.29 is 0 Å². The van der Waals surface area contributed by atoms with Crippen molar-refractivity contribution >= 4 is 33.1 Å². The molecular formula is C30H18N12. The molecule has 198 valence electrons. The third kappa shape index (κ3) is 4.15. The summed E-state index contributed by atoms with van der Waals surface area (Å²) in [5.74, 6) is -1.99. The van der Waals surface area contributed by atoms with Gasteiger partial charge in [-0.15, -0.1) is 0 Å². The SMILES string of the molecule is N#CC(c1nc(C(C#N)c2nc3ccccc3[nH]2)nc(C(C#N)c2nc3ccccc3[nH]2)n1)c1nc2ccccc2[nH]1. The van der Waals surface area contributed by atoms with E-state index >= 15 is 0 Å². The maximum absolute atomic E-state index is 10.3. The lowest BCUT2D eigenvalue weighted by molar-refractivity contribution is 0.706. The van der Waals surface area contributed by atoms with Crippen LogP contribution in [0.15, 0.2) is 72.8 Å². The third-order valence-corrected chi connectivity index (χ3v) is 6.89. The molecule has 0 spiro atoms. The first-order chi connectivity index (χ1) is 20.6. The second-order valence-corrected chi connectivity index (χ2v) is 9.51. The number of imidazole rings is 3. The van der Waals surface area contributed by atoms with Crippen LogP contribution in [0.25, 0.3) is 33.1 Å². The molecule has 3 N–H and O–H groups in total. The van der Waals surface area contributed by atoms with Crippen molar-refractivity contribution in [3.63, 3.8) is 0 Å². The Labute approximate surface area is 237 Å². The van der Waals surface area contributed by atoms with Gasteiger partial charge in [-0.3, -0.25) is 0 Å². The van der Waals surface area contributed by atoms with Crippen LogP contribution in [-0.2, 0) is 0 Å². The van der Waals surface area contributed by atoms with Crippen molar-refractivity contribution in [2.24, 2.45) is 0 Å². The molecule has 0 aliphatic heterocycles. The van der Waals surface area contributed by atoms with Crippen molar-refractivity contribution in [2.45, 2.75) is 17.8 Å². The number of H-pyrrole nitrogens is 3. The van der Waals surface area contributed by atoms with Gasteiger partial charge in [-0.25, -0.2) is 29.9 Å². The molecule has 0 aliphatic carbocycles. The van der Waals surface area contributed by atoms with Crippen LogP contribution in [-0.4, -0.2) is 44.9 Å². The summed E-state index contributed by atoms with van der Waals surface area (Å²) in [6, 6.07) is 28.9.